The van der Waals surface area contributed by atoms with Crippen molar-refractivity contribution in [3.05, 3.63) is 29.8 Å². The molecule has 19 heavy (non-hydrogen) atoms. The van der Waals surface area contributed by atoms with Gasteiger partial charge in [0.05, 0.1) is 6.07 Å². The molecule has 1 aromatic carbocycles. The van der Waals surface area contributed by atoms with Gasteiger partial charge in [-0.15, -0.1) is 0 Å². The summed E-state index contributed by atoms with van der Waals surface area (Å²) in [6.45, 7) is -1.58. The first-order chi connectivity index (χ1) is 9.04. The minimum Gasteiger partial charge on any atom is -0.434 e. The molecule has 4 nitrogen and oxygen atoms in total. The van der Waals surface area contributed by atoms with Crippen LogP contribution in [0.1, 0.15) is 11.6 Å². The lowest BCUT2D eigenvalue weighted by molar-refractivity contribution is -0.0505. The predicted octanol–water partition coefficient (Wildman–Crippen LogP) is 2.00. The van der Waals surface area contributed by atoms with E-state index in [-0.39, 0.29) is 5.75 Å². The molecule has 1 atom stereocenters. The van der Waals surface area contributed by atoms with Gasteiger partial charge >= 0.3 is 6.61 Å². The van der Waals surface area contributed by atoms with Crippen molar-refractivity contribution in [2.75, 3.05) is 27.2 Å². The van der Waals surface area contributed by atoms with Crippen LogP contribution in [-0.4, -0.2) is 38.7 Å². The molecule has 0 aliphatic heterocycles. The third-order valence-electron chi connectivity index (χ3n) is 2.48. The fraction of sp³-hybridized carbons (Fsp3) is 0.462. The van der Waals surface area contributed by atoms with E-state index in [1.165, 1.54) is 6.07 Å². The van der Waals surface area contributed by atoms with E-state index >= 15 is 0 Å². The molecule has 1 aromatic rings. The number of nitrogens with zero attached hydrogens (tertiary/aromatic N) is 2. The number of hydrogen-bond donors (Lipinski definition) is 1. The first-order valence-electron chi connectivity index (χ1n) is 5.86. The Morgan fingerprint density at radius 3 is 2.63 bits per heavy atom. The van der Waals surface area contributed by atoms with Gasteiger partial charge in [-0.05, 0) is 20.2 Å². The van der Waals surface area contributed by atoms with E-state index in [4.69, 9.17) is 5.26 Å². The molecular formula is C13H17F2N3O. The summed E-state index contributed by atoms with van der Waals surface area (Å²) in [5, 5.41) is 12.1. The minimum atomic E-state index is -2.90. The molecule has 0 aliphatic rings. The van der Waals surface area contributed by atoms with E-state index in [1.54, 1.807) is 18.2 Å². The Morgan fingerprint density at radius 2 is 2.05 bits per heavy atom. The molecule has 0 spiro atoms. The maximum atomic E-state index is 12.3. The van der Waals surface area contributed by atoms with E-state index in [0.717, 1.165) is 6.54 Å². The zero-order valence-electron chi connectivity index (χ0n) is 10.9. The molecule has 104 valence electrons. The highest BCUT2D eigenvalue weighted by Gasteiger charge is 2.17. The summed E-state index contributed by atoms with van der Waals surface area (Å²) in [4.78, 5) is 1.96. The van der Waals surface area contributed by atoms with Gasteiger partial charge in [0.15, 0.2) is 0 Å². The molecule has 0 aliphatic carbocycles. The highest BCUT2D eigenvalue weighted by Crippen LogP contribution is 2.26. The van der Waals surface area contributed by atoms with Crippen LogP contribution < -0.4 is 10.1 Å². The Bertz CT molecular complexity index is 432. The summed E-state index contributed by atoms with van der Waals surface area (Å²) in [6, 6.07) is 7.69. The third kappa shape index (κ3) is 5.20. The minimum absolute atomic E-state index is 0.0291. The zero-order valence-corrected chi connectivity index (χ0v) is 10.9. The number of para-hydroxylation sites is 1. The molecule has 1 rings (SSSR count). The summed E-state index contributed by atoms with van der Waals surface area (Å²) >= 11 is 0. The summed E-state index contributed by atoms with van der Waals surface area (Å²) in [7, 11) is 3.83. The monoisotopic (exact) mass is 269 g/mol. The van der Waals surface area contributed by atoms with Gasteiger partial charge in [0.2, 0.25) is 0 Å². The topological polar surface area (TPSA) is 48.3 Å². The largest absolute Gasteiger partial charge is 0.434 e. The van der Waals surface area contributed by atoms with E-state index in [0.29, 0.717) is 12.1 Å². The van der Waals surface area contributed by atoms with Gasteiger partial charge in [0.1, 0.15) is 11.8 Å². The Morgan fingerprint density at radius 1 is 1.37 bits per heavy atom. The lowest BCUT2D eigenvalue weighted by atomic mass is 10.1. The SMILES string of the molecule is CN(C)CCNC(C#N)c1ccccc1OC(F)F. The average Bonchev–Trinajstić information content (AvgIpc) is 2.35. The number of likely N-dealkylation sites (N-methyl/N-ethyl adjacent to an activating group) is 1. The summed E-state index contributed by atoms with van der Waals surface area (Å²) in [5.74, 6) is 0.0291. The molecule has 0 bridgehead atoms. The molecule has 0 saturated heterocycles. The molecule has 6 heteroatoms. The van der Waals surface area contributed by atoms with Crippen LogP contribution in [0.15, 0.2) is 24.3 Å². The molecule has 0 radical (unpaired) electrons. The molecule has 1 unspecified atom stereocenters. The van der Waals surface area contributed by atoms with Crippen molar-refractivity contribution in [3.63, 3.8) is 0 Å². The summed E-state index contributed by atoms with van der Waals surface area (Å²) in [6.07, 6.45) is 0. The number of halogens is 2. The lowest BCUT2D eigenvalue weighted by Gasteiger charge is -2.17. The first-order valence-corrected chi connectivity index (χ1v) is 5.86. The van der Waals surface area contributed by atoms with Crippen LogP contribution in [-0.2, 0) is 0 Å². The van der Waals surface area contributed by atoms with E-state index < -0.39 is 12.7 Å². The van der Waals surface area contributed by atoms with Crippen LogP contribution in [0.3, 0.4) is 0 Å². The number of ether oxygens (including phenoxy) is 1. The number of hydrogen-bond acceptors (Lipinski definition) is 4. The Balaban J connectivity index is 2.77. The maximum Gasteiger partial charge on any atom is 0.387 e. The van der Waals surface area contributed by atoms with Crippen LogP contribution in [0, 0.1) is 11.3 Å². The van der Waals surface area contributed by atoms with Gasteiger partial charge in [-0.25, -0.2) is 0 Å². The second kappa shape index (κ2) is 7.67. The third-order valence-corrected chi connectivity index (χ3v) is 2.48. The zero-order chi connectivity index (χ0) is 14.3. The van der Waals surface area contributed by atoms with Crippen LogP contribution in [0.2, 0.25) is 0 Å². The van der Waals surface area contributed by atoms with Gasteiger partial charge in [-0.1, -0.05) is 18.2 Å². The lowest BCUT2D eigenvalue weighted by Crippen LogP contribution is -2.29. The summed E-state index contributed by atoms with van der Waals surface area (Å²) < 4.78 is 29.0. The quantitative estimate of drug-likeness (QED) is 0.822. The predicted molar refractivity (Wildman–Crippen MR) is 68.0 cm³/mol. The van der Waals surface area contributed by atoms with Gasteiger partial charge in [-0.3, -0.25) is 5.32 Å². The van der Waals surface area contributed by atoms with Crippen LogP contribution in [0.4, 0.5) is 8.78 Å². The molecule has 0 fully saturated rings. The van der Waals surface area contributed by atoms with Crippen LogP contribution >= 0.6 is 0 Å². The average molecular weight is 269 g/mol. The maximum absolute atomic E-state index is 12.3. The van der Waals surface area contributed by atoms with Crippen molar-refractivity contribution >= 4 is 0 Å². The molecule has 0 heterocycles. The molecular weight excluding hydrogens is 252 g/mol. The van der Waals surface area contributed by atoms with Crippen molar-refractivity contribution in [3.8, 4) is 11.8 Å². The molecule has 0 aromatic heterocycles. The Hall–Kier alpha value is -1.71. The smallest absolute Gasteiger partial charge is 0.387 e. The standard InChI is InChI=1S/C13H17F2N3O/c1-18(2)8-7-17-11(9-16)10-5-3-4-6-12(10)19-13(14)15/h3-6,11,13,17H,7-8H2,1-2H3. The molecule has 0 amide bonds. The Labute approximate surface area is 111 Å². The van der Waals surface area contributed by atoms with E-state index in [1.807, 2.05) is 19.0 Å². The van der Waals surface area contributed by atoms with Crippen molar-refractivity contribution in [2.45, 2.75) is 12.7 Å². The van der Waals surface area contributed by atoms with E-state index in [2.05, 4.69) is 16.1 Å². The molecule has 0 saturated carbocycles. The number of benzene rings is 1. The van der Waals surface area contributed by atoms with Crippen molar-refractivity contribution in [2.24, 2.45) is 0 Å². The number of nitrogens with one attached hydrogen (secondary N) is 1. The van der Waals surface area contributed by atoms with Crippen LogP contribution in [0.25, 0.3) is 0 Å². The Kier molecular flexibility index (Phi) is 6.19. The number of alkyl halides is 2. The second-order valence-electron chi connectivity index (χ2n) is 4.24. The summed E-state index contributed by atoms with van der Waals surface area (Å²) in [5.41, 5.74) is 0.420. The van der Waals surface area contributed by atoms with Gasteiger partial charge in [-0.2, -0.15) is 14.0 Å². The first kappa shape index (κ1) is 15.3. The fourth-order valence-corrected chi connectivity index (χ4v) is 1.58. The van der Waals surface area contributed by atoms with Gasteiger partial charge in [0, 0.05) is 18.7 Å². The van der Waals surface area contributed by atoms with Gasteiger partial charge in [0.25, 0.3) is 0 Å². The molecule has 1 N–H and O–H groups in total. The highest BCUT2D eigenvalue weighted by molar-refractivity contribution is 5.38. The number of rotatable bonds is 7. The number of nitriles is 1. The second-order valence-corrected chi connectivity index (χ2v) is 4.24. The van der Waals surface area contributed by atoms with Crippen molar-refractivity contribution in [1.29, 1.82) is 5.26 Å². The van der Waals surface area contributed by atoms with E-state index in [9.17, 15) is 8.78 Å². The van der Waals surface area contributed by atoms with Crippen molar-refractivity contribution in [1.82, 2.24) is 10.2 Å². The normalized spacial score (nSPS) is 12.5. The highest BCUT2D eigenvalue weighted by atomic mass is 19.3. The van der Waals surface area contributed by atoms with Crippen LogP contribution in [0.5, 0.6) is 5.75 Å². The fourth-order valence-electron chi connectivity index (χ4n) is 1.58. The van der Waals surface area contributed by atoms with Gasteiger partial charge < -0.3 is 9.64 Å². The van der Waals surface area contributed by atoms with Crippen molar-refractivity contribution < 1.29 is 13.5 Å².